The number of ketones is 3. The molecule has 1 unspecified atom stereocenters. The standard InChI is InChI=1S/C62H85N9O23/c1-26(2)17-36(57(86)66-35-19-44(93-28(4)50(35)79)94-41-21-62(91,42(77)25-74)20-33-46(41)54(83)48-47(52(33)81)51(80)32-13-10-14-40(92-6)45(32)53(48)82)67-58(87)37(23-72)69-56(85)34(15-16-43(63)78)65-61(90)49(30-11-8-7-9-12-30)70-59(88)38(24-73)68-55(84)27(3)64-60(89)39-18-31(76)22-71(39)29(5)75/h10,13-14,26-28,30-31,34-39,41,44,49-50,72-74,76,79,81,83,91H,7-9,11-12,15-25H2,1-6H3,(H2,63,78)(H,64,89)(H,65,90)(H,66,86)(H,67,87)(H,68,84)(H,69,85)(H,70,88)/t27-,28+,31-,34-,35+,36-,37-,38-,39-,41-,44+,49?,50-,62-/m0/s1. The molecule has 5 aliphatic rings. The number of phenolic OH excluding ortho intramolecular Hbond substituents is 2. The lowest BCUT2D eigenvalue weighted by Crippen LogP contribution is -2.62. The quantitative estimate of drug-likeness (QED) is 0.0323. The largest absolute Gasteiger partial charge is 0.507 e. The number of hydrogen-bond acceptors (Lipinski definition) is 23. The molecule has 2 heterocycles. The van der Waals surface area contributed by atoms with E-state index in [-0.39, 0.29) is 53.3 Å². The molecule has 17 N–H and O–H groups in total. The number of Topliss-reactive ketones (excluding diaryl/α,β-unsaturated/α-hetero) is 1. The van der Waals surface area contributed by atoms with E-state index < -0.39 is 236 Å². The number of nitrogens with zero attached hydrogens (tertiary/aromatic N) is 1. The van der Waals surface area contributed by atoms with Gasteiger partial charge in [0.1, 0.15) is 77.9 Å². The molecule has 32 heteroatoms. The molecule has 3 fully saturated rings. The molecule has 0 radical (unpaired) electrons. The van der Waals surface area contributed by atoms with Crippen LogP contribution in [0.15, 0.2) is 18.2 Å². The van der Waals surface area contributed by atoms with Crippen molar-refractivity contribution in [1.29, 1.82) is 0 Å². The third-order valence-electron chi connectivity index (χ3n) is 17.8. The minimum Gasteiger partial charge on any atom is -0.507 e. The Balaban J connectivity index is 1.04. The number of carbonyl (C=O) groups is 12. The Kier molecular flexibility index (Phi) is 24.4. The van der Waals surface area contributed by atoms with Crippen LogP contribution < -0.4 is 47.7 Å². The summed E-state index contributed by atoms with van der Waals surface area (Å²) < 4.78 is 17.7. The van der Waals surface area contributed by atoms with Gasteiger partial charge in [0.25, 0.3) is 0 Å². The van der Waals surface area contributed by atoms with Crippen molar-refractivity contribution in [2.75, 3.05) is 33.5 Å². The van der Waals surface area contributed by atoms with E-state index in [1.54, 1.807) is 13.8 Å². The minimum atomic E-state index is -2.50. The SMILES string of the molecule is COc1cccc2c1C(=O)c1c(O)c3c(c(O)c1C2=O)C[C@@](O)(C(=O)CO)C[C@@H]3O[C@@H]1C[C@@H](NC(=O)[C@H](CC(C)C)NC(=O)[C@H](CO)NC(=O)[C@H](CCC(N)=O)NC(=O)C(NC(=O)[C@H](CO)NC(=O)[C@H](C)NC(=O)[C@@H]2C[C@H](O)CN2C(C)=O)C2CCCCC2)[C@@H](O)[C@@H](C)O1. The molecule has 2 aromatic rings. The second-order valence-electron chi connectivity index (χ2n) is 25.0. The molecule has 2 aliphatic heterocycles. The maximum Gasteiger partial charge on any atom is 0.245 e. The lowest BCUT2D eigenvalue weighted by molar-refractivity contribution is -0.249. The molecule has 0 aromatic heterocycles. The van der Waals surface area contributed by atoms with Crippen LogP contribution in [0.5, 0.6) is 17.2 Å². The fourth-order valence-electron chi connectivity index (χ4n) is 12.8. The van der Waals surface area contributed by atoms with Gasteiger partial charge in [-0.15, -0.1) is 0 Å². The third-order valence-corrected chi connectivity index (χ3v) is 17.8. The number of benzene rings is 2. The Morgan fingerprint density at radius 2 is 1.36 bits per heavy atom. The van der Waals surface area contributed by atoms with E-state index in [0.29, 0.717) is 25.7 Å². The molecule has 0 spiro atoms. The lowest BCUT2D eigenvalue weighted by Gasteiger charge is -2.43. The molecule has 3 aliphatic carbocycles. The number of ether oxygens (including phenoxy) is 3. The van der Waals surface area contributed by atoms with Crippen molar-refractivity contribution in [2.45, 2.75) is 196 Å². The average molecular weight is 1320 g/mol. The number of aliphatic hydroxyl groups excluding tert-OH is 5. The minimum absolute atomic E-state index is 0.0222. The van der Waals surface area contributed by atoms with Gasteiger partial charge in [0.15, 0.2) is 17.9 Å². The van der Waals surface area contributed by atoms with Gasteiger partial charge in [0.05, 0.1) is 61.4 Å². The molecular formula is C62H85N9O23. The van der Waals surface area contributed by atoms with Gasteiger partial charge in [-0.25, -0.2) is 0 Å². The van der Waals surface area contributed by atoms with E-state index in [0.717, 1.165) is 11.3 Å². The maximum absolute atomic E-state index is 14.4. The van der Waals surface area contributed by atoms with Crippen LogP contribution in [-0.2, 0) is 63.8 Å². The number of primary amides is 1. The van der Waals surface area contributed by atoms with Crippen LogP contribution in [0, 0.1) is 11.8 Å². The molecule has 1 saturated carbocycles. The summed E-state index contributed by atoms with van der Waals surface area (Å²) in [5, 5.41) is 105. The average Bonchev–Trinajstić information content (AvgIpc) is 0.794. The fourth-order valence-corrected chi connectivity index (χ4v) is 12.8. The number of nitrogens with one attached hydrogen (secondary N) is 7. The van der Waals surface area contributed by atoms with Gasteiger partial charge in [-0.1, -0.05) is 45.2 Å². The number of β-amino-alcohol motifs (C(OH)–C–C–N with tert-alkyl or cyclic N) is 1. The zero-order chi connectivity index (χ0) is 69.4. The van der Waals surface area contributed by atoms with E-state index in [9.17, 15) is 98.4 Å². The number of rotatable bonds is 27. The number of fused-ring (bicyclic) bond motifs is 3. The maximum atomic E-state index is 14.4. The van der Waals surface area contributed by atoms with Crippen molar-refractivity contribution in [3.05, 3.63) is 51.6 Å². The highest BCUT2D eigenvalue weighted by Gasteiger charge is 2.51. The van der Waals surface area contributed by atoms with Gasteiger partial charge in [0.2, 0.25) is 58.9 Å². The molecule has 2 aromatic carbocycles. The normalized spacial score (nSPS) is 24.5. The first-order chi connectivity index (χ1) is 44.4. The first-order valence-corrected chi connectivity index (χ1v) is 31.2. The highest BCUT2D eigenvalue weighted by molar-refractivity contribution is 6.31. The van der Waals surface area contributed by atoms with Gasteiger partial charge in [-0.05, 0) is 57.4 Å². The molecular weight excluding hydrogens is 1240 g/mol. The van der Waals surface area contributed by atoms with Crippen LogP contribution in [0.4, 0.5) is 0 Å². The fraction of sp³-hybridized carbons (Fsp3) is 0.613. The number of likely N-dealkylation sites (tertiary alicyclic amines) is 1. The number of nitrogens with two attached hydrogens (primary N) is 1. The van der Waals surface area contributed by atoms with E-state index >= 15 is 0 Å². The summed E-state index contributed by atoms with van der Waals surface area (Å²) in [5.41, 5.74) is 0.598. The molecule has 0 bridgehead atoms. The predicted molar refractivity (Wildman–Crippen MR) is 323 cm³/mol. The molecule has 2 saturated heterocycles. The van der Waals surface area contributed by atoms with Crippen LogP contribution in [0.3, 0.4) is 0 Å². The first kappa shape index (κ1) is 73.2. The van der Waals surface area contributed by atoms with Crippen LogP contribution >= 0.6 is 0 Å². The van der Waals surface area contributed by atoms with Crippen LogP contribution in [0.2, 0.25) is 0 Å². The summed E-state index contributed by atoms with van der Waals surface area (Å²) in [6.45, 7) is 3.93. The van der Waals surface area contributed by atoms with E-state index in [2.05, 4.69) is 37.2 Å². The Labute approximate surface area is 539 Å². The highest BCUT2D eigenvalue weighted by Crippen LogP contribution is 2.53. The Hall–Kier alpha value is -8.24. The van der Waals surface area contributed by atoms with Gasteiger partial charge < -0.3 is 103 Å². The summed E-state index contributed by atoms with van der Waals surface area (Å²) in [5.74, 6) is -13.8. The summed E-state index contributed by atoms with van der Waals surface area (Å²) in [4.78, 5) is 164. The Morgan fingerprint density at radius 3 is 1.97 bits per heavy atom. The van der Waals surface area contributed by atoms with Gasteiger partial charge >= 0.3 is 0 Å². The highest BCUT2D eigenvalue weighted by atomic mass is 16.7. The number of phenols is 2. The second-order valence-corrected chi connectivity index (χ2v) is 25.0. The molecule has 9 amide bonds. The lowest BCUT2D eigenvalue weighted by atomic mass is 9.72. The van der Waals surface area contributed by atoms with Gasteiger partial charge in [-0.2, -0.15) is 0 Å². The second kappa shape index (κ2) is 31.3. The number of methoxy groups -OCH3 is 1. The monoisotopic (exact) mass is 1320 g/mol. The molecule has 14 atom stereocenters. The number of amides is 9. The number of carbonyl (C=O) groups excluding carboxylic acids is 12. The van der Waals surface area contributed by atoms with Crippen molar-refractivity contribution in [1.82, 2.24) is 42.1 Å². The van der Waals surface area contributed by atoms with Crippen LogP contribution in [0.1, 0.15) is 154 Å². The first-order valence-electron chi connectivity index (χ1n) is 31.2. The zero-order valence-corrected chi connectivity index (χ0v) is 52.9. The summed E-state index contributed by atoms with van der Waals surface area (Å²) in [6, 6.07) is -7.66. The summed E-state index contributed by atoms with van der Waals surface area (Å²) in [7, 11) is 1.25. The Bertz CT molecular complexity index is 3270. The van der Waals surface area contributed by atoms with E-state index in [4.69, 9.17) is 19.9 Å². The van der Waals surface area contributed by atoms with Gasteiger partial charge in [0, 0.05) is 62.3 Å². The summed E-state index contributed by atoms with van der Waals surface area (Å²) >= 11 is 0. The molecule has 94 heavy (non-hydrogen) atoms. The van der Waals surface area contributed by atoms with Crippen molar-refractivity contribution >= 4 is 70.5 Å². The zero-order valence-electron chi connectivity index (χ0n) is 52.9. The summed E-state index contributed by atoms with van der Waals surface area (Å²) in [6.07, 6.45) is -7.03. The van der Waals surface area contributed by atoms with Gasteiger partial charge in [-0.3, -0.25) is 57.5 Å². The van der Waals surface area contributed by atoms with E-state index in [1.165, 1.54) is 46.1 Å². The smallest absolute Gasteiger partial charge is 0.245 e. The third kappa shape index (κ3) is 16.4. The van der Waals surface area contributed by atoms with Crippen molar-refractivity contribution in [3.63, 3.8) is 0 Å². The predicted octanol–water partition coefficient (Wildman–Crippen LogP) is -4.05. The number of aromatic hydroxyl groups is 2. The number of aliphatic hydroxyl groups is 6. The van der Waals surface area contributed by atoms with Crippen molar-refractivity contribution < 1.29 is 113 Å². The van der Waals surface area contributed by atoms with Crippen LogP contribution in [-0.4, -0.2) is 228 Å². The molecule has 516 valence electrons. The van der Waals surface area contributed by atoms with Crippen LogP contribution in [0.25, 0.3) is 0 Å². The van der Waals surface area contributed by atoms with Crippen molar-refractivity contribution in [3.8, 4) is 17.2 Å². The number of hydrogen-bond donors (Lipinski definition) is 16. The topological polar surface area (TPSA) is 508 Å². The Morgan fingerprint density at radius 1 is 0.755 bits per heavy atom. The van der Waals surface area contributed by atoms with E-state index in [1.807, 2.05) is 0 Å². The molecule has 7 rings (SSSR count). The molecule has 32 nitrogen and oxygen atoms in total. The van der Waals surface area contributed by atoms with Crippen molar-refractivity contribution in [2.24, 2.45) is 17.6 Å².